The van der Waals surface area contributed by atoms with Crippen LogP contribution in [-0.2, 0) is 4.74 Å². The Labute approximate surface area is 177 Å². The number of thiazole rings is 1. The van der Waals surface area contributed by atoms with Crippen LogP contribution in [0.1, 0.15) is 28.8 Å². The normalized spacial score (nSPS) is 16.3. The Kier molecular flexibility index (Phi) is 5.90. The molecule has 28 heavy (non-hydrogen) atoms. The van der Waals surface area contributed by atoms with Crippen molar-refractivity contribution < 1.29 is 9.53 Å². The molecule has 3 aromatic rings. The fourth-order valence-electron chi connectivity index (χ4n) is 3.23. The predicted molar refractivity (Wildman–Crippen MR) is 117 cm³/mol. The van der Waals surface area contributed by atoms with Crippen LogP contribution >= 0.6 is 27.3 Å². The van der Waals surface area contributed by atoms with E-state index in [1.54, 1.807) is 4.90 Å². The topological polar surface area (TPSA) is 42.4 Å². The molecular formula is C22H21BrN2O2S. The first-order chi connectivity index (χ1) is 13.6. The molecule has 2 heterocycles. The van der Waals surface area contributed by atoms with Crippen molar-refractivity contribution in [3.05, 3.63) is 69.5 Å². The molecule has 0 saturated carbocycles. The molecule has 1 aliphatic rings. The van der Waals surface area contributed by atoms with E-state index in [0.29, 0.717) is 17.2 Å². The highest BCUT2D eigenvalue weighted by atomic mass is 79.9. The second-order valence-corrected chi connectivity index (χ2v) is 8.69. The van der Waals surface area contributed by atoms with Gasteiger partial charge in [-0.05, 0) is 44.0 Å². The second-order valence-electron chi connectivity index (χ2n) is 6.94. The third kappa shape index (κ3) is 4.35. The summed E-state index contributed by atoms with van der Waals surface area (Å²) in [7, 11) is 0. The van der Waals surface area contributed by atoms with E-state index in [-0.39, 0.29) is 12.0 Å². The standard InChI is InChI=1S/C22H21BrN2O2S/c1-15-4-6-16(7-5-15)20-14-28-22(24-20)25(13-19-3-2-12-27-19)21(26)17-8-10-18(23)11-9-17/h4-11,14,19H,2-3,12-13H2,1H3/t19-/m0/s1. The summed E-state index contributed by atoms with van der Waals surface area (Å²) in [5.74, 6) is -0.0483. The molecule has 1 atom stereocenters. The van der Waals surface area contributed by atoms with Crippen LogP contribution in [-0.4, -0.2) is 30.1 Å². The average molecular weight is 457 g/mol. The van der Waals surface area contributed by atoms with E-state index < -0.39 is 0 Å². The maximum Gasteiger partial charge on any atom is 0.260 e. The van der Waals surface area contributed by atoms with Gasteiger partial charge in [0.1, 0.15) is 0 Å². The van der Waals surface area contributed by atoms with Gasteiger partial charge in [0.15, 0.2) is 5.13 Å². The number of anilines is 1. The van der Waals surface area contributed by atoms with E-state index in [4.69, 9.17) is 9.72 Å². The maximum atomic E-state index is 13.3. The predicted octanol–water partition coefficient (Wildman–Crippen LogP) is 5.71. The molecule has 1 amide bonds. The van der Waals surface area contributed by atoms with Gasteiger partial charge >= 0.3 is 0 Å². The maximum absolute atomic E-state index is 13.3. The molecular weight excluding hydrogens is 436 g/mol. The number of benzene rings is 2. The van der Waals surface area contributed by atoms with Crippen molar-refractivity contribution in [1.29, 1.82) is 0 Å². The van der Waals surface area contributed by atoms with Crippen molar-refractivity contribution in [3.8, 4) is 11.3 Å². The van der Waals surface area contributed by atoms with Gasteiger partial charge in [0.25, 0.3) is 5.91 Å². The zero-order valence-electron chi connectivity index (χ0n) is 15.6. The Balaban J connectivity index is 1.64. The van der Waals surface area contributed by atoms with Crippen LogP contribution in [0.5, 0.6) is 0 Å². The minimum Gasteiger partial charge on any atom is -0.376 e. The van der Waals surface area contributed by atoms with E-state index in [1.807, 2.05) is 29.6 Å². The average Bonchev–Trinajstić information content (AvgIpc) is 3.39. The van der Waals surface area contributed by atoms with Crippen molar-refractivity contribution in [3.63, 3.8) is 0 Å². The molecule has 4 rings (SSSR count). The van der Waals surface area contributed by atoms with Crippen LogP contribution in [0.2, 0.25) is 0 Å². The number of amides is 1. The summed E-state index contributed by atoms with van der Waals surface area (Å²) in [4.78, 5) is 19.8. The zero-order chi connectivity index (χ0) is 19.5. The molecule has 4 nitrogen and oxygen atoms in total. The molecule has 0 N–H and O–H groups in total. The first-order valence-corrected chi connectivity index (χ1v) is 11.0. The highest BCUT2D eigenvalue weighted by molar-refractivity contribution is 9.10. The van der Waals surface area contributed by atoms with Crippen molar-refractivity contribution in [1.82, 2.24) is 4.98 Å². The molecule has 0 aliphatic carbocycles. The fraction of sp³-hybridized carbons (Fsp3) is 0.273. The summed E-state index contributed by atoms with van der Waals surface area (Å²) in [6, 6.07) is 15.7. The lowest BCUT2D eigenvalue weighted by Crippen LogP contribution is -2.37. The Hall–Kier alpha value is -2.02. The summed E-state index contributed by atoms with van der Waals surface area (Å²) < 4.78 is 6.74. The summed E-state index contributed by atoms with van der Waals surface area (Å²) in [6.45, 7) is 3.35. The number of carbonyl (C=O) groups excluding carboxylic acids is 1. The molecule has 144 valence electrons. The van der Waals surface area contributed by atoms with Gasteiger partial charge in [0, 0.05) is 27.6 Å². The zero-order valence-corrected chi connectivity index (χ0v) is 18.0. The first-order valence-electron chi connectivity index (χ1n) is 9.32. The van der Waals surface area contributed by atoms with Crippen molar-refractivity contribution >= 4 is 38.3 Å². The third-order valence-electron chi connectivity index (χ3n) is 4.82. The van der Waals surface area contributed by atoms with Crippen LogP contribution < -0.4 is 4.90 Å². The third-order valence-corrected chi connectivity index (χ3v) is 6.21. The summed E-state index contributed by atoms with van der Waals surface area (Å²) >= 11 is 4.92. The molecule has 0 bridgehead atoms. The summed E-state index contributed by atoms with van der Waals surface area (Å²) in [6.07, 6.45) is 2.07. The summed E-state index contributed by atoms with van der Waals surface area (Å²) in [5, 5.41) is 2.72. The molecule has 1 saturated heterocycles. The van der Waals surface area contributed by atoms with Gasteiger partial charge in [-0.2, -0.15) is 0 Å². The first kappa shape index (κ1) is 19.3. The molecule has 1 aliphatic heterocycles. The Morgan fingerprint density at radius 3 is 2.64 bits per heavy atom. The largest absolute Gasteiger partial charge is 0.376 e. The number of nitrogens with zero attached hydrogens (tertiary/aromatic N) is 2. The number of hydrogen-bond donors (Lipinski definition) is 0. The molecule has 2 aromatic carbocycles. The van der Waals surface area contributed by atoms with Crippen LogP contribution in [0.25, 0.3) is 11.3 Å². The minimum absolute atomic E-state index is 0.0483. The van der Waals surface area contributed by atoms with E-state index >= 15 is 0 Å². The van der Waals surface area contributed by atoms with E-state index in [9.17, 15) is 4.79 Å². The number of hydrogen-bond acceptors (Lipinski definition) is 4. The van der Waals surface area contributed by atoms with Gasteiger partial charge in [-0.1, -0.05) is 45.8 Å². The molecule has 1 aromatic heterocycles. The van der Waals surface area contributed by atoms with Crippen LogP contribution in [0.3, 0.4) is 0 Å². The van der Waals surface area contributed by atoms with Gasteiger partial charge < -0.3 is 4.74 Å². The highest BCUT2D eigenvalue weighted by Crippen LogP contribution is 2.30. The fourth-order valence-corrected chi connectivity index (χ4v) is 4.34. The van der Waals surface area contributed by atoms with Crippen molar-refractivity contribution in [2.24, 2.45) is 0 Å². The quantitative estimate of drug-likeness (QED) is 0.493. The lowest BCUT2D eigenvalue weighted by Gasteiger charge is -2.23. The van der Waals surface area contributed by atoms with E-state index in [1.165, 1.54) is 16.9 Å². The molecule has 1 fully saturated rings. The highest BCUT2D eigenvalue weighted by Gasteiger charge is 2.26. The second kappa shape index (κ2) is 8.55. The minimum atomic E-state index is -0.0483. The van der Waals surface area contributed by atoms with Gasteiger partial charge in [0.2, 0.25) is 0 Å². The van der Waals surface area contributed by atoms with E-state index in [2.05, 4.69) is 47.1 Å². The SMILES string of the molecule is Cc1ccc(-c2csc(N(C[C@@H]3CCCO3)C(=O)c3ccc(Br)cc3)n2)cc1. The molecule has 6 heteroatoms. The number of ether oxygens (including phenoxy) is 1. The van der Waals surface area contributed by atoms with Crippen molar-refractivity contribution in [2.45, 2.75) is 25.9 Å². The lowest BCUT2D eigenvalue weighted by atomic mass is 10.1. The molecule has 0 radical (unpaired) electrons. The Morgan fingerprint density at radius 1 is 1.21 bits per heavy atom. The Bertz CT molecular complexity index is 947. The number of rotatable bonds is 5. The van der Waals surface area contributed by atoms with Crippen LogP contribution in [0.15, 0.2) is 58.4 Å². The van der Waals surface area contributed by atoms with Gasteiger partial charge in [-0.25, -0.2) is 4.98 Å². The smallest absolute Gasteiger partial charge is 0.260 e. The number of carbonyl (C=O) groups is 1. The van der Waals surface area contributed by atoms with E-state index in [0.717, 1.165) is 35.2 Å². The van der Waals surface area contributed by atoms with Crippen LogP contribution in [0.4, 0.5) is 5.13 Å². The lowest BCUT2D eigenvalue weighted by molar-refractivity contribution is 0.0917. The monoisotopic (exact) mass is 456 g/mol. The van der Waals surface area contributed by atoms with Crippen LogP contribution in [0, 0.1) is 6.92 Å². The number of aryl methyl sites for hydroxylation is 1. The Morgan fingerprint density at radius 2 is 1.96 bits per heavy atom. The summed E-state index contributed by atoms with van der Waals surface area (Å²) in [5.41, 5.74) is 3.81. The van der Waals surface area contributed by atoms with Gasteiger partial charge in [-0.15, -0.1) is 11.3 Å². The van der Waals surface area contributed by atoms with Gasteiger partial charge in [0.05, 0.1) is 18.3 Å². The molecule has 0 unspecified atom stereocenters. The number of aromatic nitrogens is 1. The number of halogens is 1. The van der Waals surface area contributed by atoms with Gasteiger partial charge in [-0.3, -0.25) is 9.69 Å². The molecule has 0 spiro atoms. The van der Waals surface area contributed by atoms with Crippen molar-refractivity contribution in [2.75, 3.05) is 18.1 Å².